The molecule has 0 aliphatic heterocycles. The summed E-state index contributed by atoms with van der Waals surface area (Å²) in [6.45, 7) is 3.65. The van der Waals surface area contributed by atoms with Crippen molar-refractivity contribution in [3.05, 3.63) is 24.0 Å². The summed E-state index contributed by atoms with van der Waals surface area (Å²) in [4.78, 5) is 11.6. The molecule has 0 fully saturated rings. The summed E-state index contributed by atoms with van der Waals surface area (Å²) in [5.41, 5.74) is 5.89. The molecular weight excluding hydrogens is 229 g/mol. The van der Waals surface area contributed by atoms with E-state index in [0.29, 0.717) is 4.90 Å². The van der Waals surface area contributed by atoms with Crippen molar-refractivity contribution in [2.75, 3.05) is 5.73 Å². The van der Waals surface area contributed by atoms with E-state index in [4.69, 9.17) is 10.8 Å². The van der Waals surface area contributed by atoms with Gasteiger partial charge < -0.3 is 10.8 Å². The van der Waals surface area contributed by atoms with E-state index in [1.54, 1.807) is 0 Å². The first-order valence-corrected chi connectivity index (χ1v) is 5.74. The van der Waals surface area contributed by atoms with Crippen molar-refractivity contribution in [2.24, 2.45) is 5.92 Å². The van der Waals surface area contributed by atoms with Gasteiger partial charge in [-0.15, -0.1) is 11.8 Å². The maximum atomic E-state index is 12.8. The van der Waals surface area contributed by atoms with Crippen molar-refractivity contribution < 1.29 is 14.3 Å². The van der Waals surface area contributed by atoms with Crippen molar-refractivity contribution in [2.45, 2.75) is 24.0 Å². The Bertz CT molecular complexity index is 396. The molecule has 0 aromatic heterocycles. The van der Waals surface area contributed by atoms with E-state index in [1.807, 2.05) is 13.8 Å². The van der Waals surface area contributed by atoms with Crippen molar-refractivity contribution in [3.63, 3.8) is 0 Å². The topological polar surface area (TPSA) is 63.3 Å². The summed E-state index contributed by atoms with van der Waals surface area (Å²) in [5, 5.41) is 8.44. The molecule has 0 saturated heterocycles. The van der Waals surface area contributed by atoms with Gasteiger partial charge in [0.25, 0.3) is 0 Å². The molecular formula is C11H14FNO2S. The van der Waals surface area contributed by atoms with Crippen LogP contribution < -0.4 is 5.73 Å². The minimum absolute atomic E-state index is 0.0213. The lowest BCUT2D eigenvalue weighted by atomic mass is 10.1. The van der Waals surface area contributed by atoms with Gasteiger partial charge in [-0.05, 0) is 24.1 Å². The summed E-state index contributed by atoms with van der Waals surface area (Å²) in [7, 11) is 0. The Hall–Kier alpha value is -1.23. The molecule has 3 N–H and O–H groups in total. The van der Waals surface area contributed by atoms with Gasteiger partial charge in [-0.3, -0.25) is 4.79 Å². The van der Waals surface area contributed by atoms with E-state index < -0.39 is 17.0 Å². The fourth-order valence-electron chi connectivity index (χ4n) is 1.24. The molecule has 1 aromatic carbocycles. The second kappa shape index (κ2) is 5.21. The summed E-state index contributed by atoms with van der Waals surface area (Å²) in [6, 6.07) is 3.98. The van der Waals surface area contributed by atoms with Gasteiger partial charge in [0.2, 0.25) is 0 Å². The zero-order valence-electron chi connectivity index (χ0n) is 9.11. The summed E-state index contributed by atoms with van der Waals surface area (Å²) < 4.78 is 12.8. The van der Waals surface area contributed by atoms with Crippen molar-refractivity contribution in [1.82, 2.24) is 0 Å². The second-order valence-corrected chi connectivity index (χ2v) is 4.99. The molecule has 0 heterocycles. The van der Waals surface area contributed by atoms with E-state index in [-0.39, 0.29) is 11.6 Å². The van der Waals surface area contributed by atoms with E-state index in [2.05, 4.69) is 0 Å². The summed E-state index contributed by atoms with van der Waals surface area (Å²) >= 11 is 1.15. The number of thioether (sulfide) groups is 1. The van der Waals surface area contributed by atoms with E-state index in [9.17, 15) is 9.18 Å². The Labute approximate surface area is 97.8 Å². The Morgan fingerprint density at radius 3 is 2.56 bits per heavy atom. The number of carbonyl (C=O) groups is 1. The number of carboxylic acid groups (broad SMARTS) is 1. The highest BCUT2D eigenvalue weighted by molar-refractivity contribution is 8.00. The van der Waals surface area contributed by atoms with Crippen LogP contribution in [0.3, 0.4) is 0 Å². The number of hydrogen-bond acceptors (Lipinski definition) is 3. The third-order valence-corrected chi connectivity index (χ3v) is 3.70. The number of benzene rings is 1. The highest BCUT2D eigenvalue weighted by Crippen LogP contribution is 2.32. The fraction of sp³-hybridized carbons (Fsp3) is 0.364. The van der Waals surface area contributed by atoms with Gasteiger partial charge in [0.1, 0.15) is 11.1 Å². The smallest absolute Gasteiger partial charge is 0.317 e. The molecule has 3 nitrogen and oxygen atoms in total. The zero-order valence-corrected chi connectivity index (χ0v) is 9.92. The number of nitrogens with two attached hydrogens (primary N) is 1. The molecule has 0 bridgehead atoms. The molecule has 0 spiro atoms. The minimum atomic E-state index is -0.885. The average molecular weight is 243 g/mol. The number of hydrogen-bond donors (Lipinski definition) is 2. The van der Waals surface area contributed by atoms with Crippen LogP contribution in [0, 0.1) is 11.7 Å². The van der Waals surface area contributed by atoms with Crippen LogP contribution in [-0.2, 0) is 4.79 Å². The van der Waals surface area contributed by atoms with Crippen LogP contribution in [0.1, 0.15) is 13.8 Å². The van der Waals surface area contributed by atoms with Crippen LogP contribution in [-0.4, -0.2) is 16.3 Å². The second-order valence-electron chi connectivity index (χ2n) is 3.80. The molecule has 0 amide bonds. The van der Waals surface area contributed by atoms with Gasteiger partial charge in [0.05, 0.1) is 0 Å². The Balaban J connectivity index is 2.90. The third kappa shape index (κ3) is 3.13. The number of rotatable bonds is 4. The first kappa shape index (κ1) is 12.8. The van der Waals surface area contributed by atoms with Crippen LogP contribution in [0.5, 0.6) is 0 Å². The quantitative estimate of drug-likeness (QED) is 0.630. The average Bonchev–Trinajstić information content (AvgIpc) is 2.15. The van der Waals surface area contributed by atoms with Gasteiger partial charge in [0.15, 0.2) is 0 Å². The lowest BCUT2D eigenvalue weighted by Gasteiger charge is -2.16. The third-order valence-electron chi connectivity index (χ3n) is 2.07. The predicted octanol–water partition coefficient (Wildman–Crippen LogP) is 2.61. The van der Waals surface area contributed by atoms with Crippen LogP contribution in [0.15, 0.2) is 23.1 Å². The molecule has 16 heavy (non-hydrogen) atoms. The lowest BCUT2D eigenvalue weighted by molar-refractivity contribution is -0.137. The SMILES string of the molecule is CC(C)C(Sc1ccc(F)cc1N)C(=O)O. The highest BCUT2D eigenvalue weighted by atomic mass is 32.2. The normalized spacial score (nSPS) is 12.8. The molecule has 1 aromatic rings. The predicted molar refractivity (Wildman–Crippen MR) is 62.9 cm³/mol. The molecule has 88 valence electrons. The Morgan fingerprint density at radius 1 is 1.50 bits per heavy atom. The molecule has 0 aliphatic rings. The summed E-state index contributed by atoms with van der Waals surface area (Å²) in [5.74, 6) is -1.33. The van der Waals surface area contributed by atoms with Gasteiger partial charge in [0, 0.05) is 10.6 Å². The van der Waals surface area contributed by atoms with E-state index >= 15 is 0 Å². The summed E-state index contributed by atoms with van der Waals surface area (Å²) in [6.07, 6.45) is 0. The maximum Gasteiger partial charge on any atom is 0.317 e. The minimum Gasteiger partial charge on any atom is -0.480 e. The molecule has 0 aliphatic carbocycles. The number of halogens is 1. The first-order chi connectivity index (χ1) is 7.41. The van der Waals surface area contributed by atoms with E-state index in [1.165, 1.54) is 18.2 Å². The van der Waals surface area contributed by atoms with Crippen molar-refractivity contribution in [1.29, 1.82) is 0 Å². The van der Waals surface area contributed by atoms with Gasteiger partial charge in [-0.1, -0.05) is 13.8 Å². The molecule has 1 rings (SSSR count). The van der Waals surface area contributed by atoms with Gasteiger partial charge >= 0.3 is 5.97 Å². The largest absolute Gasteiger partial charge is 0.480 e. The van der Waals surface area contributed by atoms with Gasteiger partial charge in [-0.25, -0.2) is 4.39 Å². The zero-order chi connectivity index (χ0) is 12.3. The Morgan fingerprint density at radius 2 is 2.12 bits per heavy atom. The van der Waals surface area contributed by atoms with Crippen molar-refractivity contribution in [3.8, 4) is 0 Å². The lowest BCUT2D eigenvalue weighted by Crippen LogP contribution is -2.22. The number of aliphatic carboxylic acids is 1. The fourth-order valence-corrected chi connectivity index (χ4v) is 2.22. The molecule has 0 radical (unpaired) electrons. The van der Waals surface area contributed by atoms with E-state index in [0.717, 1.165) is 11.8 Å². The number of carboxylic acids is 1. The van der Waals surface area contributed by atoms with Crippen molar-refractivity contribution >= 4 is 23.4 Å². The monoisotopic (exact) mass is 243 g/mol. The first-order valence-electron chi connectivity index (χ1n) is 4.86. The standard InChI is InChI=1S/C11H14FNO2S/c1-6(2)10(11(14)15)16-9-4-3-7(12)5-8(9)13/h3-6,10H,13H2,1-2H3,(H,14,15). The highest BCUT2D eigenvalue weighted by Gasteiger charge is 2.23. The van der Waals surface area contributed by atoms with Gasteiger partial charge in [-0.2, -0.15) is 0 Å². The van der Waals surface area contributed by atoms with Crippen LogP contribution in [0.25, 0.3) is 0 Å². The molecule has 1 atom stereocenters. The van der Waals surface area contributed by atoms with Crippen LogP contribution in [0.4, 0.5) is 10.1 Å². The van der Waals surface area contributed by atoms with Crippen LogP contribution in [0.2, 0.25) is 0 Å². The number of anilines is 1. The molecule has 0 saturated carbocycles. The molecule has 5 heteroatoms. The maximum absolute atomic E-state index is 12.8. The van der Waals surface area contributed by atoms with Crippen LogP contribution >= 0.6 is 11.8 Å². The molecule has 1 unspecified atom stereocenters. The number of nitrogen functional groups attached to an aromatic ring is 1. The Kier molecular flexibility index (Phi) is 4.18.